The molecule has 1 spiro atoms. The van der Waals surface area contributed by atoms with E-state index in [-0.39, 0.29) is 29.9 Å². The number of aliphatic hydroxyl groups is 1. The summed E-state index contributed by atoms with van der Waals surface area (Å²) in [7, 11) is 0. The first kappa shape index (κ1) is 27.9. The number of esters is 1. The van der Waals surface area contributed by atoms with Crippen molar-refractivity contribution in [2.45, 2.75) is 74.4 Å². The SMILES string of the molecule is C=CCCOC(=O)[C@H]1[C@@H]2OC3(CC2Br)C(C(=O)N(CC=C)CCCC)N(CCCCCO)C(=O)[C@H]13. The molecule has 2 bridgehead atoms. The van der Waals surface area contributed by atoms with Crippen LogP contribution >= 0.6 is 15.9 Å². The molecule has 0 aliphatic carbocycles. The van der Waals surface area contributed by atoms with Gasteiger partial charge in [0.1, 0.15) is 11.6 Å². The van der Waals surface area contributed by atoms with Gasteiger partial charge in [-0.15, -0.1) is 13.2 Å². The summed E-state index contributed by atoms with van der Waals surface area (Å²) in [5, 5.41) is 9.16. The molecule has 35 heavy (non-hydrogen) atoms. The Morgan fingerprint density at radius 1 is 1.29 bits per heavy atom. The zero-order chi connectivity index (χ0) is 25.6. The third-order valence-corrected chi connectivity index (χ3v) is 8.21. The van der Waals surface area contributed by atoms with Gasteiger partial charge in [-0.25, -0.2) is 0 Å². The van der Waals surface area contributed by atoms with Crippen LogP contribution < -0.4 is 0 Å². The lowest BCUT2D eigenvalue weighted by Gasteiger charge is -2.37. The van der Waals surface area contributed by atoms with Crippen LogP contribution in [0.3, 0.4) is 0 Å². The number of carbonyl (C=O) groups is 3. The van der Waals surface area contributed by atoms with E-state index >= 15 is 0 Å². The number of rotatable bonds is 15. The van der Waals surface area contributed by atoms with Crippen molar-refractivity contribution in [1.29, 1.82) is 0 Å². The third-order valence-electron chi connectivity index (χ3n) is 7.36. The largest absolute Gasteiger partial charge is 0.465 e. The second kappa shape index (κ2) is 12.5. The first-order valence-electron chi connectivity index (χ1n) is 12.8. The molecule has 0 saturated carbocycles. The Bertz CT molecular complexity index is 807. The minimum atomic E-state index is -1.07. The Hall–Kier alpha value is -1.71. The fourth-order valence-electron chi connectivity index (χ4n) is 5.80. The second-order valence-corrected chi connectivity index (χ2v) is 10.8. The first-order valence-corrected chi connectivity index (χ1v) is 13.7. The highest BCUT2D eigenvalue weighted by Crippen LogP contribution is 2.60. The van der Waals surface area contributed by atoms with Crippen LogP contribution in [-0.4, -0.2) is 88.1 Å². The minimum Gasteiger partial charge on any atom is -0.465 e. The number of aliphatic hydroxyl groups excluding tert-OH is 1. The van der Waals surface area contributed by atoms with Gasteiger partial charge in [-0.2, -0.15) is 0 Å². The molecule has 3 aliphatic heterocycles. The van der Waals surface area contributed by atoms with E-state index in [0.717, 1.165) is 19.3 Å². The normalized spacial score (nSPS) is 30.9. The third kappa shape index (κ3) is 5.37. The molecule has 0 aromatic carbocycles. The quantitative estimate of drug-likeness (QED) is 0.145. The molecule has 0 aromatic heterocycles. The molecule has 3 saturated heterocycles. The highest BCUT2D eigenvalue weighted by molar-refractivity contribution is 9.09. The maximum atomic E-state index is 14.0. The van der Waals surface area contributed by atoms with Crippen LogP contribution in [0.4, 0.5) is 0 Å². The van der Waals surface area contributed by atoms with Crippen LogP contribution in [0.1, 0.15) is 51.9 Å². The number of alkyl halides is 1. The zero-order valence-electron chi connectivity index (χ0n) is 20.7. The van der Waals surface area contributed by atoms with Gasteiger partial charge in [0, 0.05) is 31.1 Å². The van der Waals surface area contributed by atoms with E-state index in [1.807, 2.05) is 0 Å². The Morgan fingerprint density at radius 2 is 2.06 bits per heavy atom. The molecule has 3 aliphatic rings. The summed E-state index contributed by atoms with van der Waals surface area (Å²) in [6.45, 7) is 11.1. The van der Waals surface area contributed by atoms with Crippen LogP contribution in [0.5, 0.6) is 0 Å². The minimum absolute atomic E-state index is 0.0850. The molecular weight excluding hydrogens is 516 g/mol. The number of carbonyl (C=O) groups excluding carboxylic acids is 3. The number of unbranched alkanes of at least 4 members (excludes halogenated alkanes) is 3. The Labute approximate surface area is 216 Å². The molecule has 6 atom stereocenters. The van der Waals surface area contributed by atoms with Gasteiger partial charge in [-0.3, -0.25) is 14.4 Å². The number of hydrogen-bond acceptors (Lipinski definition) is 6. The summed E-state index contributed by atoms with van der Waals surface area (Å²) >= 11 is 3.67. The Balaban J connectivity index is 1.95. The van der Waals surface area contributed by atoms with Crippen molar-refractivity contribution in [3.8, 4) is 0 Å². The summed E-state index contributed by atoms with van der Waals surface area (Å²) in [5.41, 5.74) is -1.07. The van der Waals surface area contributed by atoms with Crippen LogP contribution in [0.25, 0.3) is 0 Å². The van der Waals surface area contributed by atoms with Crippen molar-refractivity contribution in [2.75, 3.05) is 32.8 Å². The van der Waals surface area contributed by atoms with Gasteiger partial charge < -0.3 is 24.4 Å². The van der Waals surface area contributed by atoms with Gasteiger partial charge in [-0.1, -0.05) is 41.4 Å². The fourth-order valence-corrected chi connectivity index (χ4v) is 6.74. The molecule has 3 rings (SSSR count). The van der Waals surface area contributed by atoms with Gasteiger partial charge in [0.15, 0.2) is 0 Å². The monoisotopic (exact) mass is 554 g/mol. The van der Waals surface area contributed by atoms with E-state index in [1.54, 1.807) is 22.0 Å². The van der Waals surface area contributed by atoms with E-state index < -0.39 is 35.6 Å². The fraction of sp³-hybridized carbons (Fsp3) is 0.731. The van der Waals surface area contributed by atoms with Crippen molar-refractivity contribution in [3.63, 3.8) is 0 Å². The standard InChI is InChI=1S/C26H39BrN2O6/c1-4-7-13-28(12-6-3)24(32)22-26-17-18(27)21(35-26)19(25(33)34-16-8-5-2)20(26)23(31)29(22)14-10-9-11-15-30/h5-6,18-22,30H,2-4,7-17H2,1H3/t18?,19-,20+,21-,22?,26?/m1/s1. The lowest BCUT2D eigenvalue weighted by Crippen LogP contribution is -2.57. The summed E-state index contributed by atoms with van der Waals surface area (Å²) in [4.78, 5) is 44.3. The molecule has 1 N–H and O–H groups in total. The highest BCUT2D eigenvalue weighted by atomic mass is 79.9. The van der Waals surface area contributed by atoms with Crippen LogP contribution in [-0.2, 0) is 23.9 Å². The molecule has 3 fully saturated rings. The van der Waals surface area contributed by atoms with Gasteiger partial charge in [0.2, 0.25) is 11.8 Å². The van der Waals surface area contributed by atoms with Gasteiger partial charge in [-0.05, 0) is 38.5 Å². The average molecular weight is 556 g/mol. The molecule has 0 aromatic rings. The zero-order valence-corrected chi connectivity index (χ0v) is 22.3. The molecule has 196 valence electrons. The van der Waals surface area contributed by atoms with Gasteiger partial charge in [0.25, 0.3) is 0 Å². The second-order valence-electron chi connectivity index (χ2n) is 9.65. The van der Waals surface area contributed by atoms with Crippen LogP contribution in [0.2, 0.25) is 0 Å². The van der Waals surface area contributed by atoms with Crippen molar-refractivity contribution >= 4 is 33.7 Å². The molecule has 9 heteroatoms. The Kier molecular flexibility index (Phi) is 9.95. The van der Waals surface area contributed by atoms with Gasteiger partial charge in [0.05, 0.1) is 24.5 Å². The molecule has 2 amide bonds. The number of nitrogens with zero attached hydrogens (tertiary/aromatic N) is 2. The molecular formula is C26H39BrN2O6. The Morgan fingerprint density at radius 3 is 2.71 bits per heavy atom. The number of halogens is 1. The first-order chi connectivity index (χ1) is 16.9. The predicted octanol–water partition coefficient (Wildman–Crippen LogP) is 2.83. The molecule has 0 radical (unpaired) electrons. The summed E-state index contributed by atoms with van der Waals surface area (Å²) < 4.78 is 12.0. The number of amides is 2. The summed E-state index contributed by atoms with van der Waals surface area (Å²) in [6, 6.07) is -0.804. The van der Waals surface area contributed by atoms with Crippen molar-refractivity contribution < 1.29 is 29.0 Å². The predicted molar refractivity (Wildman–Crippen MR) is 136 cm³/mol. The number of ether oxygens (including phenoxy) is 2. The summed E-state index contributed by atoms with van der Waals surface area (Å²) in [5.74, 6) is -2.33. The topological polar surface area (TPSA) is 96.4 Å². The van der Waals surface area contributed by atoms with Crippen molar-refractivity contribution in [1.82, 2.24) is 9.80 Å². The van der Waals surface area contributed by atoms with Crippen LogP contribution in [0.15, 0.2) is 25.3 Å². The smallest absolute Gasteiger partial charge is 0.312 e. The molecule has 8 nitrogen and oxygen atoms in total. The molecule has 3 unspecified atom stereocenters. The van der Waals surface area contributed by atoms with E-state index in [4.69, 9.17) is 14.6 Å². The lowest BCUT2D eigenvalue weighted by molar-refractivity contribution is -0.155. The highest BCUT2D eigenvalue weighted by Gasteiger charge is 2.77. The number of hydrogen-bond donors (Lipinski definition) is 1. The van der Waals surface area contributed by atoms with Crippen molar-refractivity contribution in [2.24, 2.45) is 11.8 Å². The summed E-state index contributed by atoms with van der Waals surface area (Å²) in [6.07, 6.45) is 7.66. The molecule has 3 heterocycles. The van der Waals surface area contributed by atoms with Crippen molar-refractivity contribution in [3.05, 3.63) is 25.3 Å². The average Bonchev–Trinajstić information content (AvgIpc) is 3.42. The van der Waals surface area contributed by atoms with E-state index in [1.165, 1.54) is 0 Å². The van der Waals surface area contributed by atoms with E-state index in [0.29, 0.717) is 45.3 Å². The van der Waals surface area contributed by atoms with E-state index in [2.05, 4.69) is 36.0 Å². The number of likely N-dealkylation sites (tertiary alicyclic amines) is 1. The van der Waals surface area contributed by atoms with Crippen LogP contribution in [0, 0.1) is 11.8 Å². The maximum Gasteiger partial charge on any atom is 0.312 e. The lowest BCUT2D eigenvalue weighted by atomic mass is 9.70. The maximum absolute atomic E-state index is 14.0. The number of fused-ring (bicyclic) bond motifs is 1. The van der Waals surface area contributed by atoms with Gasteiger partial charge >= 0.3 is 5.97 Å². The van der Waals surface area contributed by atoms with E-state index in [9.17, 15) is 14.4 Å².